The highest BCUT2D eigenvalue weighted by Gasteiger charge is 2.28. The first-order valence-corrected chi connectivity index (χ1v) is 8.13. The number of pyridine rings is 1. The van der Waals surface area contributed by atoms with E-state index in [1.165, 1.54) is 0 Å². The monoisotopic (exact) mass is 320 g/mol. The van der Waals surface area contributed by atoms with Crippen LogP contribution in [0.4, 0.5) is 16.3 Å². The molecule has 1 amide bonds. The van der Waals surface area contributed by atoms with Crippen molar-refractivity contribution in [3.05, 3.63) is 18.3 Å². The third-order valence-electron chi connectivity index (χ3n) is 3.72. The van der Waals surface area contributed by atoms with Gasteiger partial charge >= 0.3 is 6.09 Å². The summed E-state index contributed by atoms with van der Waals surface area (Å²) in [6.07, 6.45) is 4.32. The zero-order chi connectivity index (χ0) is 17.0. The lowest BCUT2D eigenvalue weighted by Gasteiger charge is -2.22. The minimum absolute atomic E-state index is 0.154. The van der Waals surface area contributed by atoms with E-state index in [4.69, 9.17) is 4.74 Å². The lowest BCUT2D eigenvalue weighted by Crippen LogP contribution is -2.38. The fourth-order valence-electron chi connectivity index (χ4n) is 2.80. The van der Waals surface area contributed by atoms with Gasteiger partial charge in [0, 0.05) is 32.4 Å². The molecule has 2 atom stereocenters. The largest absolute Gasteiger partial charge is 0.444 e. The molecule has 0 saturated heterocycles. The minimum Gasteiger partial charge on any atom is -0.444 e. The second-order valence-electron chi connectivity index (χ2n) is 7.27. The van der Waals surface area contributed by atoms with Gasteiger partial charge in [-0.05, 0) is 52.2 Å². The van der Waals surface area contributed by atoms with E-state index in [9.17, 15) is 4.79 Å². The summed E-state index contributed by atoms with van der Waals surface area (Å²) in [6.45, 7) is 5.62. The number of aromatic nitrogens is 1. The van der Waals surface area contributed by atoms with Gasteiger partial charge in [0.05, 0.1) is 5.69 Å². The molecule has 0 bridgehead atoms. The van der Waals surface area contributed by atoms with Crippen molar-refractivity contribution in [1.29, 1.82) is 0 Å². The van der Waals surface area contributed by atoms with Crippen LogP contribution in [-0.2, 0) is 4.74 Å². The molecule has 1 fully saturated rings. The summed E-state index contributed by atoms with van der Waals surface area (Å²) in [4.78, 5) is 18.2. The lowest BCUT2D eigenvalue weighted by atomic mass is 10.2. The van der Waals surface area contributed by atoms with Crippen molar-refractivity contribution in [3.63, 3.8) is 0 Å². The number of amides is 1. The second kappa shape index (κ2) is 7.06. The molecular formula is C17H28N4O2. The molecule has 128 valence electrons. The van der Waals surface area contributed by atoms with E-state index in [1.54, 1.807) is 6.20 Å². The van der Waals surface area contributed by atoms with Gasteiger partial charge in [-0.15, -0.1) is 0 Å². The number of nitrogens with one attached hydrogen (secondary N) is 2. The molecule has 6 heteroatoms. The van der Waals surface area contributed by atoms with Gasteiger partial charge in [0.15, 0.2) is 5.82 Å². The van der Waals surface area contributed by atoms with Crippen molar-refractivity contribution in [2.75, 3.05) is 24.3 Å². The first-order valence-electron chi connectivity index (χ1n) is 8.13. The van der Waals surface area contributed by atoms with Gasteiger partial charge in [-0.2, -0.15) is 0 Å². The topological polar surface area (TPSA) is 66.5 Å². The zero-order valence-corrected chi connectivity index (χ0v) is 14.7. The molecule has 1 heterocycles. The van der Waals surface area contributed by atoms with Crippen molar-refractivity contribution in [1.82, 2.24) is 10.3 Å². The highest BCUT2D eigenvalue weighted by atomic mass is 16.6. The van der Waals surface area contributed by atoms with Crippen LogP contribution in [-0.4, -0.2) is 42.9 Å². The number of anilines is 2. The molecule has 1 saturated carbocycles. The van der Waals surface area contributed by atoms with E-state index in [1.807, 2.05) is 51.9 Å². The SMILES string of the molecule is CN(C)c1ncccc1NC1CCC(NC(=O)OC(C)(C)C)C1. The molecule has 23 heavy (non-hydrogen) atoms. The summed E-state index contributed by atoms with van der Waals surface area (Å²) in [6, 6.07) is 4.46. The van der Waals surface area contributed by atoms with Gasteiger partial charge < -0.3 is 20.3 Å². The van der Waals surface area contributed by atoms with Crippen LogP contribution in [0.1, 0.15) is 40.0 Å². The Morgan fingerprint density at radius 3 is 2.65 bits per heavy atom. The van der Waals surface area contributed by atoms with E-state index < -0.39 is 5.60 Å². The van der Waals surface area contributed by atoms with Gasteiger partial charge in [-0.1, -0.05) is 0 Å². The smallest absolute Gasteiger partial charge is 0.407 e. The van der Waals surface area contributed by atoms with Gasteiger partial charge in [-0.25, -0.2) is 9.78 Å². The van der Waals surface area contributed by atoms with Crippen molar-refractivity contribution in [2.45, 2.75) is 57.7 Å². The average Bonchev–Trinajstić information content (AvgIpc) is 2.84. The van der Waals surface area contributed by atoms with Crippen LogP contribution in [0.25, 0.3) is 0 Å². The highest BCUT2D eigenvalue weighted by molar-refractivity contribution is 5.68. The van der Waals surface area contributed by atoms with E-state index >= 15 is 0 Å². The summed E-state index contributed by atoms with van der Waals surface area (Å²) in [5, 5.41) is 6.51. The Labute approximate surface area is 138 Å². The predicted octanol–water partition coefficient (Wildman–Crippen LogP) is 3.01. The second-order valence-corrected chi connectivity index (χ2v) is 7.27. The standard InChI is InChI=1S/C17H28N4O2/c1-17(2,3)23-16(22)20-13-9-8-12(11-13)19-14-7-6-10-18-15(14)21(4)5/h6-7,10,12-13,19H,8-9,11H2,1-5H3,(H,20,22). The number of hydrogen-bond acceptors (Lipinski definition) is 5. The van der Waals surface area contributed by atoms with Crippen molar-refractivity contribution in [2.24, 2.45) is 0 Å². The maximum Gasteiger partial charge on any atom is 0.407 e. The Morgan fingerprint density at radius 1 is 1.30 bits per heavy atom. The number of nitrogens with zero attached hydrogens (tertiary/aromatic N) is 2. The number of hydrogen-bond donors (Lipinski definition) is 2. The molecule has 1 aliphatic rings. The first-order chi connectivity index (χ1) is 10.7. The maximum absolute atomic E-state index is 11.9. The summed E-state index contributed by atoms with van der Waals surface area (Å²) in [5.41, 5.74) is 0.567. The molecule has 0 radical (unpaired) electrons. The van der Waals surface area contributed by atoms with Crippen LogP contribution < -0.4 is 15.5 Å². The Morgan fingerprint density at radius 2 is 2.00 bits per heavy atom. The van der Waals surface area contributed by atoms with Crippen molar-refractivity contribution < 1.29 is 9.53 Å². The van der Waals surface area contributed by atoms with Gasteiger partial charge in [0.1, 0.15) is 5.60 Å². The highest BCUT2D eigenvalue weighted by Crippen LogP contribution is 2.27. The van der Waals surface area contributed by atoms with Crippen LogP contribution in [0, 0.1) is 0 Å². The molecule has 6 nitrogen and oxygen atoms in total. The summed E-state index contributed by atoms with van der Waals surface area (Å²) < 4.78 is 5.32. The molecular weight excluding hydrogens is 292 g/mol. The average molecular weight is 320 g/mol. The van der Waals surface area contributed by atoms with Gasteiger partial charge in [-0.3, -0.25) is 0 Å². The maximum atomic E-state index is 11.9. The molecule has 1 aromatic rings. The van der Waals surface area contributed by atoms with Crippen LogP contribution in [0.5, 0.6) is 0 Å². The van der Waals surface area contributed by atoms with Crippen molar-refractivity contribution in [3.8, 4) is 0 Å². The Hall–Kier alpha value is -1.98. The normalized spacial score (nSPS) is 20.9. The third-order valence-corrected chi connectivity index (χ3v) is 3.72. The fraction of sp³-hybridized carbons (Fsp3) is 0.647. The zero-order valence-electron chi connectivity index (χ0n) is 14.7. The van der Waals surface area contributed by atoms with E-state index in [2.05, 4.69) is 15.6 Å². The summed E-state index contributed by atoms with van der Waals surface area (Å²) >= 11 is 0. The number of ether oxygens (including phenoxy) is 1. The van der Waals surface area contributed by atoms with Crippen LogP contribution >= 0.6 is 0 Å². The van der Waals surface area contributed by atoms with Gasteiger partial charge in [0.2, 0.25) is 0 Å². The minimum atomic E-state index is -0.462. The molecule has 0 aromatic carbocycles. The first kappa shape index (κ1) is 17.4. The lowest BCUT2D eigenvalue weighted by molar-refractivity contribution is 0.0505. The molecule has 2 rings (SSSR count). The van der Waals surface area contributed by atoms with Crippen LogP contribution in [0.2, 0.25) is 0 Å². The number of carbonyl (C=O) groups excluding carboxylic acids is 1. The molecule has 2 N–H and O–H groups in total. The van der Waals surface area contributed by atoms with Gasteiger partial charge in [0.25, 0.3) is 0 Å². The Kier molecular flexibility index (Phi) is 5.34. The predicted molar refractivity (Wildman–Crippen MR) is 93.0 cm³/mol. The number of carbonyl (C=O) groups is 1. The van der Waals surface area contributed by atoms with E-state index in [0.717, 1.165) is 30.8 Å². The Balaban J connectivity index is 1.88. The summed E-state index contributed by atoms with van der Waals surface area (Å²) in [7, 11) is 3.96. The van der Waals surface area contributed by atoms with Crippen LogP contribution in [0.3, 0.4) is 0 Å². The molecule has 1 aromatic heterocycles. The molecule has 2 unspecified atom stereocenters. The van der Waals surface area contributed by atoms with Crippen LogP contribution in [0.15, 0.2) is 18.3 Å². The quantitative estimate of drug-likeness (QED) is 0.893. The molecule has 1 aliphatic carbocycles. The number of rotatable bonds is 4. The third kappa shape index (κ3) is 5.30. The number of alkyl carbamates (subject to hydrolysis) is 1. The van der Waals surface area contributed by atoms with Crippen molar-refractivity contribution >= 4 is 17.6 Å². The fourth-order valence-corrected chi connectivity index (χ4v) is 2.80. The molecule has 0 spiro atoms. The van der Waals surface area contributed by atoms with E-state index in [0.29, 0.717) is 6.04 Å². The van der Waals surface area contributed by atoms with E-state index in [-0.39, 0.29) is 12.1 Å². The Bertz CT molecular complexity index is 540. The molecule has 0 aliphatic heterocycles. The summed E-state index contributed by atoms with van der Waals surface area (Å²) in [5.74, 6) is 0.927.